The van der Waals surface area contributed by atoms with Gasteiger partial charge in [0.2, 0.25) is 11.9 Å². The fourth-order valence-electron chi connectivity index (χ4n) is 2.31. The van der Waals surface area contributed by atoms with Crippen LogP contribution in [0.3, 0.4) is 0 Å². The zero-order valence-corrected chi connectivity index (χ0v) is 11.5. The molecule has 6 heteroatoms. The maximum atomic E-state index is 13.1. The number of carbonyl (C=O) groups excluding carboxylic acids is 2. The van der Waals surface area contributed by atoms with Crippen LogP contribution in [-0.4, -0.2) is 52.8 Å². The largest absolute Gasteiger partial charge is 0.341 e. The highest BCUT2D eigenvalue weighted by molar-refractivity contribution is 5.94. The van der Waals surface area contributed by atoms with Gasteiger partial charge in [0.25, 0.3) is 5.91 Å². The van der Waals surface area contributed by atoms with E-state index in [0.717, 1.165) is 12.5 Å². The van der Waals surface area contributed by atoms with Crippen LogP contribution in [0.4, 0.5) is 4.39 Å². The minimum atomic E-state index is -0.659. The summed E-state index contributed by atoms with van der Waals surface area (Å²) in [5.41, 5.74) is 0.299. The van der Waals surface area contributed by atoms with Crippen molar-refractivity contribution in [3.8, 4) is 0 Å². The molecule has 5 nitrogen and oxygen atoms in total. The fraction of sp³-hybridized carbons (Fsp3) is 0.500. The van der Waals surface area contributed by atoms with E-state index in [-0.39, 0.29) is 11.8 Å². The third kappa shape index (κ3) is 3.31. The zero-order valence-electron chi connectivity index (χ0n) is 11.5. The van der Waals surface area contributed by atoms with E-state index in [0.29, 0.717) is 38.2 Å². The summed E-state index contributed by atoms with van der Waals surface area (Å²) in [6.07, 6.45) is 2.50. The number of aromatic nitrogens is 1. The van der Waals surface area contributed by atoms with Crippen LogP contribution in [0.15, 0.2) is 18.3 Å². The second-order valence-corrected chi connectivity index (χ2v) is 4.75. The van der Waals surface area contributed by atoms with Gasteiger partial charge in [-0.2, -0.15) is 4.39 Å². The zero-order chi connectivity index (χ0) is 14.5. The fourth-order valence-corrected chi connectivity index (χ4v) is 2.31. The van der Waals surface area contributed by atoms with E-state index in [1.807, 2.05) is 6.92 Å². The van der Waals surface area contributed by atoms with Gasteiger partial charge in [-0.15, -0.1) is 0 Å². The van der Waals surface area contributed by atoms with E-state index in [4.69, 9.17) is 0 Å². The molecule has 1 aromatic rings. The van der Waals surface area contributed by atoms with Gasteiger partial charge in [0.1, 0.15) is 0 Å². The van der Waals surface area contributed by atoms with Gasteiger partial charge in [-0.1, -0.05) is 6.92 Å². The lowest BCUT2D eigenvalue weighted by molar-refractivity contribution is -0.130. The molecule has 0 bridgehead atoms. The van der Waals surface area contributed by atoms with Gasteiger partial charge in [0.05, 0.1) is 0 Å². The van der Waals surface area contributed by atoms with Crippen molar-refractivity contribution in [1.82, 2.24) is 14.8 Å². The normalized spacial score (nSPS) is 15.9. The van der Waals surface area contributed by atoms with Crippen LogP contribution in [0.5, 0.6) is 0 Å². The Morgan fingerprint density at radius 3 is 2.65 bits per heavy atom. The Balaban J connectivity index is 2.03. The molecule has 0 radical (unpaired) electrons. The van der Waals surface area contributed by atoms with Crippen LogP contribution in [0.25, 0.3) is 0 Å². The van der Waals surface area contributed by atoms with Gasteiger partial charge < -0.3 is 9.80 Å². The van der Waals surface area contributed by atoms with Gasteiger partial charge in [0, 0.05) is 50.4 Å². The van der Waals surface area contributed by atoms with Crippen LogP contribution in [-0.2, 0) is 4.79 Å². The quantitative estimate of drug-likeness (QED) is 0.767. The van der Waals surface area contributed by atoms with Crippen molar-refractivity contribution in [1.29, 1.82) is 0 Å². The van der Waals surface area contributed by atoms with Crippen molar-refractivity contribution in [3.63, 3.8) is 0 Å². The lowest BCUT2D eigenvalue weighted by atomic mass is 10.2. The van der Waals surface area contributed by atoms with E-state index in [2.05, 4.69) is 4.98 Å². The number of amides is 2. The molecule has 108 valence electrons. The highest BCUT2D eigenvalue weighted by atomic mass is 19.1. The first-order chi connectivity index (χ1) is 9.61. The van der Waals surface area contributed by atoms with Crippen molar-refractivity contribution in [2.75, 3.05) is 26.2 Å². The second kappa shape index (κ2) is 6.45. The van der Waals surface area contributed by atoms with Crippen molar-refractivity contribution >= 4 is 11.8 Å². The topological polar surface area (TPSA) is 53.5 Å². The molecule has 1 aliphatic heterocycles. The van der Waals surface area contributed by atoms with Gasteiger partial charge >= 0.3 is 0 Å². The molecule has 1 aliphatic rings. The highest BCUT2D eigenvalue weighted by Gasteiger charge is 2.22. The Hall–Kier alpha value is -1.98. The Kier molecular flexibility index (Phi) is 4.65. The third-order valence-corrected chi connectivity index (χ3v) is 3.41. The first-order valence-electron chi connectivity index (χ1n) is 6.80. The summed E-state index contributed by atoms with van der Waals surface area (Å²) < 4.78 is 13.1. The molecule has 20 heavy (non-hydrogen) atoms. The monoisotopic (exact) mass is 279 g/mol. The average Bonchev–Trinajstić information content (AvgIpc) is 2.71. The minimum absolute atomic E-state index is 0.106. The predicted molar refractivity (Wildman–Crippen MR) is 71.6 cm³/mol. The molecule has 1 aromatic heterocycles. The molecule has 1 saturated heterocycles. The number of nitrogens with zero attached hydrogens (tertiary/aromatic N) is 3. The molecule has 0 atom stereocenters. The van der Waals surface area contributed by atoms with Crippen molar-refractivity contribution in [3.05, 3.63) is 29.8 Å². The van der Waals surface area contributed by atoms with Crippen LogP contribution in [0.2, 0.25) is 0 Å². The average molecular weight is 279 g/mol. The van der Waals surface area contributed by atoms with Gasteiger partial charge in [0.15, 0.2) is 0 Å². The maximum absolute atomic E-state index is 13.1. The standard InChI is InChI=1S/C14H18FN3O2/c1-2-13(19)17-6-3-7-18(9-8-17)14(20)11-4-5-16-12(15)10-11/h4-5,10H,2-3,6-9H2,1H3. The van der Waals surface area contributed by atoms with E-state index in [1.54, 1.807) is 9.80 Å². The van der Waals surface area contributed by atoms with Gasteiger partial charge in [-0.3, -0.25) is 9.59 Å². The van der Waals surface area contributed by atoms with E-state index >= 15 is 0 Å². The molecular formula is C14H18FN3O2. The third-order valence-electron chi connectivity index (χ3n) is 3.41. The highest BCUT2D eigenvalue weighted by Crippen LogP contribution is 2.10. The summed E-state index contributed by atoms with van der Waals surface area (Å²) in [6.45, 7) is 4.09. The summed E-state index contributed by atoms with van der Waals surface area (Å²) >= 11 is 0. The van der Waals surface area contributed by atoms with Gasteiger partial charge in [-0.25, -0.2) is 4.98 Å². The van der Waals surface area contributed by atoms with E-state index in [1.165, 1.54) is 12.3 Å². The molecule has 0 aromatic carbocycles. The molecule has 0 saturated carbocycles. The number of carbonyl (C=O) groups is 2. The number of rotatable bonds is 2. The molecule has 0 spiro atoms. The lowest BCUT2D eigenvalue weighted by Crippen LogP contribution is -2.37. The molecule has 1 fully saturated rings. The first kappa shape index (κ1) is 14.4. The first-order valence-corrected chi connectivity index (χ1v) is 6.80. The molecule has 0 unspecified atom stereocenters. The molecular weight excluding hydrogens is 261 g/mol. The van der Waals surface area contributed by atoms with E-state index in [9.17, 15) is 14.0 Å². The molecule has 2 heterocycles. The second-order valence-electron chi connectivity index (χ2n) is 4.75. The van der Waals surface area contributed by atoms with Crippen LogP contribution < -0.4 is 0 Å². The molecule has 2 rings (SSSR count). The summed E-state index contributed by atoms with van der Waals surface area (Å²) in [6, 6.07) is 2.65. The Morgan fingerprint density at radius 1 is 1.25 bits per heavy atom. The maximum Gasteiger partial charge on any atom is 0.254 e. The molecule has 0 aliphatic carbocycles. The number of hydrogen-bond donors (Lipinski definition) is 0. The molecule has 0 N–H and O–H groups in total. The van der Waals surface area contributed by atoms with E-state index < -0.39 is 5.95 Å². The summed E-state index contributed by atoms with van der Waals surface area (Å²) in [5.74, 6) is -0.764. The smallest absolute Gasteiger partial charge is 0.254 e. The molecule has 2 amide bonds. The Labute approximate surface area is 117 Å². The summed E-state index contributed by atoms with van der Waals surface area (Å²) in [5, 5.41) is 0. The number of pyridine rings is 1. The van der Waals surface area contributed by atoms with Crippen LogP contribution in [0.1, 0.15) is 30.1 Å². The Morgan fingerprint density at radius 2 is 1.95 bits per heavy atom. The van der Waals surface area contributed by atoms with Crippen LogP contribution >= 0.6 is 0 Å². The number of hydrogen-bond acceptors (Lipinski definition) is 3. The van der Waals surface area contributed by atoms with Crippen molar-refractivity contribution < 1.29 is 14.0 Å². The number of halogens is 1. The van der Waals surface area contributed by atoms with Crippen molar-refractivity contribution in [2.45, 2.75) is 19.8 Å². The summed E-state index contributed by atoms with van der Waals surface area (Å²) in [4.78, 5) is 30.8. The van der Waals surface area contributed by atoms with Crippen molar-refractivity contribution in [2.24, 2.45) is 0 Å². The lowest BCUT2D eigenvalue weighted by Gasteiger charge is -2.22. The SMILES string of the molecule is CCC(=O)N1CCCN(C(=O)c2ccnc(F)c2)CC1. The Bertz CT molecular complexity index is 507. The summed E-state index contributed by atoms with van der Waals surface area (Å²) in [7, 11) is 0. The minimum Gasteiger partial charge on any atom is -0.341 e. The van der Waals surface area contributed by atoms with Gasteiger partial charge in [-0.05, 0) is 12.5 Å². The predicted octanol–water partition coefficient (Wildman–Crippen LogP) is 1.31. The van der Waals surface area contributed by atoms with Crippen LogP contribution in [0, 0.1) is 5.95 Å².